The zero-order valence-electron chi connectivity index (χ0n) is 10.2. The first-order valence-electron chi connectivity index (χ1n) is 5.28. The summed E-state index contributed by atoms with van der Waals surface area (Å²) >= 11 is 0. The van der Waals surface area contributed by atoms with E-state index >= 15 is 0 Å². The van der Waals surface area contributed by atoms with Crippen molar-refractivity contribution in [2.45, 2.75) is 53.1 Å². The van der Waals surface area contributed by atoms with Gasteiger partial charge in [-0.15, -0.1) is 0 Å². The van der Waals surface area contributed by atoms with Crippen molar-refractivity contribution in [1.82, 2.24) is 4.90 Å². The molecule has 0 aliphatic heterocycles. The van der Waals surface area contributed by atoms with E-state index in [1.165, 1.54) is 0 Å². The predicted octanol–water partition coefficient (Wildman–Crippen LogP) is 2.22. The van der Waals surface area contributed by atoms with E-state index in [1.54, 1.807) is 0 Å². The van der Waals surface area contributed by atoms with Crippen LogP contribution in [0.5, 0.6) is 0 Å². The summed E-state index contributed by atoms with van der Waals surface area (Å²) < 4.78 is 0. The minimum Gasteiger partial charge on any atom is -0.480 e. The Balaban J connectivity index is 5.07. The molecule has 0 spiro atoms. The highest BCUT2D eigenvalue weighted by Crippen LogP contribution is 2.26. The average molecular weight is 201 g/mol. The van der Waals surface area contributed by atoms with Crippen LogP contribution >= 0.6 is 0 Å². The minimum absolute atomic E-state index is 0.0994. The van der Waals surface area contributed by atoms with Crippen molar-refractivity contribution in [3.63, 3.8) is 0 Å². The molecule has 1 atom stereocenters. The van der Waals surface area contributed by atoms with Crippen LogP contribution in [0.3, 0.4) is 0 Å². The molecule has 0 fully saturated rings. The number of carboxylic acid groups (broad SMARTS) is 1. The zero-order valence-corrected chi connectivity index (χ0v) is 10.2. The molecule has 0 bridgehead atoms. The molecule has 0 aromatic carbocycles. The van der Waals surface area contributed by atoms with E-state index in [-0.39, 0.29) is 12.0 Å². The van der Waals surface area contributed by atoms with Crippen molar-refractivity contribution in [1.29, 1.82) is 0 Å². The molecule has 0 unspecified atom stereocenters. The minimum atomic E-state index is -0.761. The van der Waals surface area contributed by atoms with Crippen molar-refractivity contribution >= 4 is 5.97 Å². The van der Waals surface area contributed by atoms with Gasteiger partial charge >= 0.3 is 5.97 Å². The lowest BCUT2D eigenvalue weighted by molar-refractivity contribution is -0.155. The predicted molar refractivity (Wildman–Crippen MR) is 58.4 cm³/mol. The molecule has 84 valence electrons. The summed E-state index contributed by atoms with van der Waals surface area (Å²) in [5.74, 6) is -0.634. The van der Waals surface area contributed by atoms with Crippen LogP contribution in [-0.2, 0) is 4.79 Å². The number of rotatable bonds is 5. The summed E-state index contributed by atoms with van der Waals surface area (Å²) in [6, 6.07) is 0.253. The van der Waals surface area contributed by atoms with Crippen molar-refractivity contribution in [2.75, 3.05) is 6.54 Å². The van der Waals surface area contributed by atoms with Crippen LogP contribution in [0.2, 0.25) is 0 Å². The van der Waals surface area contributed by atoms with Gasteiger partial charge in [-0.25, -0.2) is 0 Å². The maximum atomic E-state index is 11.3. The Kier molecular flexibility index (Phi) is 4.59. The number of carbonyl (C=O) groups is 1. The normalized spacial score (nSPS) is 16.4. The van der Waals surface area contributed by atoms with Crippen LogP contribution in [0.15, 0.2) is 0 Å². The lowest BCUT2D eigenvalue weighted by atomic mass is 9.85. The Morgan fingerprint density at radius 1 is 1.36 bits per heavy atom. The van der Waals surface area contributed by atoms with Gasteiger partial charge in [0.25, 0.3) is 0 Å². The van der Waals surface area contributed by atoms with Gasteiger partial charge in [0.05, 0.1) is 0 Å². The Labute approximate surface area is 87.1 Å². The van der Waals surface area contributed by atoms with Gasteiger partial charge in [0.15, 0.2) is 0 Å². The third-order valence-corrected chi connectivity index (χ3v) is 3.12. The molecule has 0 aliphatic carbocycles. The number of hydrogen-bond acceptors (Lipinski definition) is 2. The molecule has 0 aliphatic rings. The fourth-order valence-corrected chi connectivity index (χ4v) is 1.93. The molecule has 3 heteroatoms. The first-order chi connectivity index (χ1) is 6.28. The second kappa shape index (κ2) is 4.78. The molecular weight excluding hydrogens is 178 g/mol. The van der Waals surface area contributed by atoms with E-state index in [0.717, 1.165) is 6.54 Å². The fourth-order valence-electron chi connectivity index (χ4n) is 1.93. The summed E-state index contributed by atoms with van der Waals surface area (Å²) in [5, 5.41) is 9.31. The smallest absolute Gasteiger partial charge is 0.324 e. The van der Waals surface area contributed by atoms with Crippen LogP contribution in [0, 0.1) is 5.92 Å². The number of carboxylic acids is 1. The average Bonchev–Trinajstić information content (AvgIpc) is 2.03. The highest BCUT2D eigenvalue weighted by Gasteiger charge is 2.42. The third kappa shape index (κ3) is 2.27. The largest absolute Gasteiger partial charge is 0.480 e. The molecule has 0 aromatic rings. The molecule has 0 rings (SSSR count). The van der Waals surface area contributed by atoms with Gasteiger partial charge in [0, 0.05) is 6.04 Å². The Hall–Kier alpha value is -0.570. The third-order valence-electron chi connectivity index (χ3n) is 3.12. The molecule has 0 aromatic heterocycles. The van der Waals surface area contributed by atoms with E-state index in [0.29, 0.717) is 0 Å². The molecular formula is C11H23NO2. The van der Waals surface area contributed by atoms with Crippen LogP contribution in [0.4, 0.5) is 0 Å². The number of aliphatic carboxylic acids is 1. The number of nitrogens with zero attached hydrogens (tertiary/aromatic N) is 1. The van der Waals surface area contributed by atoms with Gasteiger partial charge in [0.2, 0.25) is 0 Å². The van der Waals surface area contributed by atoms with Gasteiger partial charge in [-0.05, 0) is 33.2 Å². The maximum Gasteiger partial charge on any atom is 0.324 e. The van der Waals surface area contributed by atoms with Crippen molar-refractivity contribution in [2.24, 2.45) is 5.92 Å². The topological polar surface area (TPSA) is 40.5 Å². The SMILES string of the molecule is CCN(C(C)C)[C@@](C)(C(=O)O)C(C)C. The lowest BCUT2D eigenvalue weighted by Gasteiger charge is -2.42. The molecule has 0 saturated carbocycles. The monoisotopic (exact) mass is 201 g/mol. The van der Waals surface area contributed by atoms with E-state index in [1.807, 2.05) is 46.4 Å². The second-order valence-corrected chi connectivity index (χ2v) is 4.49. The zero-order chi connectivity index (χ0) is 11.5. The summed E-state index contributed by atoms with van der Waals surface area (Å²) in [5.41, 5.74) is -0.761. The van der Waals surface area contributed by atoms with Crippen LogP contribution in [0.1, 0.15) is 41.5 Å². The standard InChI is InChI=1S/C11H23NO2/c1-7-12(9(4)5)11(6,8(2)3)10(13)14/h8-9H,7H2,1-6H3,(H,13,14)/t11-/m1/s1. The van der Waals surface area contributed by atoms with Gasteiger partial charge < -0.3 is 5.11 Å². The molecule has 1 N–H and O–H groups in total. The van der Waals surface area contributed by atoms with Crippen LogP contribution < -0.4 is 0 Å². The van der Waals surface area contributed by atoms with Gasteiger partial charge in [-0.3, -0.25) is 9.69 Å². The Morgan fingerprint density at radius 3 is 1.86 bits per heavy atom. The van der Waals surface area contributed by atoms with Gasteiger partial charge in [0.1, 0.15) is 5.54 Å². The highest BCUT2D eigenvalue weighted by molar-refractivity contribution is 5.78. The van der Waals surface area contributed by atoms with Gasteiger partial charge in [-0.2, -0.15) is 0 Å². The summed E-state index contributed by atoms with van der Waals surface area (Å²) in [6.07, 6.45) is 0. The number of likely N-dealkylation sites (N-methyl/N-ethyl adjacent to an activating group) is 1. The molecule has 3 nitrogen and oxygen atoms in total. The maximum absolute atomic E-state index is 11.3. The Bertz CT molecular complexity index is 201. The molecule has 0 saturated heterocycles. The van der Waals surface area contributed by atoms with E-state index in [2.05, 4.69) is 0 Å². The number of hydrogen-bond donors (Lipinski definition) is 1. The van der Waals surface area contributed by atoms with E-state index in [4.69, 9.17) is 0 Å². The summed E-state index contributed by atoms with van der Waals surface area (Å²) in [6.45, 7) is 12.6. The molecule has 0 amide bonds. The lowest BCUT2D eigenvalue weighted by Crippen LogP contribution is -2.58. The van der Waals surface area contributed by atoms with Crippen molar-refractivity contribution in [3.05, 3.63) is 0 Å². The van der Waals surface area contributed by atoms with Crippen molar-refractivity contribution in [3.8, 4) is 0 Å². The highest BCUT2D eigenvalue weighted by atomic mass is 16.4. The second-order valence-electron chi connectivity index (χ2n) is 4.49. The van der Waals surface area contributed by atoms with Crippen molar-refractivity contribution < 1.29 is 9.90 Å². The fraction of sp³-hybridized carbons (Fsp3) is 0.909. The van der Waals surface area contributed by atoms with E-state index < -0.39 is 11.5 Å². The van der Waals surface area contributed by atoms with Gasteiger partial charge in [-0.1, -0.05) is 20.8 Å². The van der Waals surface area contributed by atoms with E-state index in [9.17, 15) is 9.90 Å². The van der Waals surface area contributed by atoms with Crippen LogP contribution in [0.25, 0.3) is 0 Å². The first kappa shape index (κ1) is 13.4. The molecule has 14 heavy (non-hydrogen) atoms. The molecule has 0 heterocycles. The molecule has 0 radical (unpaired) electrons. The Morgan fingerprint density at radius 2 is 1.79 bits per heavy atom. The first-order valence-corrected chi connectivity index (χ1v) is 5.28. The quantitative estimate of drug-likeness (QED) is 0.741. The summed E-state index contributed by atoms with van der Waals surface area (Å²) in [4.78, 5) is 13.4. The van der Waals surface area contributed by atoms with Crippen LogP contribution in [-0.4, -0.2) is 34.1 Å². The summed E-state index contributed by atoms with van der Waals surface area (Å²) in [7, 11) is 0.